The quantitative estimate of drug-likeness (QED) is 0.537. The van der Waals surface area contributed by atoms with Gasteiger partial charge in [-0.15, -0.1) is 13.2 Å². The molecule has 2 amide bonds. The Morgan fingerprint density at radius 1 is 0.774 bits per heavy atom. The van der Waals surface area contributed by atoms with Crippen LogP contribution in [0.2, 0.25) is 0 Å². The molecule has 3 aromatic rings. The highest BCUT2D eigenvalue weighted by Crippen LogP contribution is 2.36. The molecule has 7 nitrogen and oxygen atoms in total. The van der Waals surface area contributed by atoms with Crippen molar-refractivity contribution in [1.82, 2.24) is 0 Å². The molecule has 1 aliphatic heterocycles. The van der Waals surface area contributed by atoms with Gasteiger partial charge in [0.25, 0.3) is 0 Å². The fourth-order valence-electron chi connectivity index (χ4n) is 2.72. The van der Waals surface area contributed by atoms with Crippen LogP contribution in [0.3, 0.4) is 0 Å². The molecule has 3 aromatic carbocycles. The van der Waals surface area contributed by atoms with Gasteiger partial charge in [0.15, 0.2) is 11.5 Å². The smallest absolute Gasteiger partial charge is 0.457 e. The number of fused-ring (bicyclic) bond motifs is 1. The zero-order valence-electron chi connectivity index (χ0n) is 15.7. The number of rotatable bonds is 5. The second-order valence-corrected chi connectivity index (χ2v) is 6.29. The molecule has 0 unspecified atom stereocenters. The van der Waals surface area contributed by atoms with Crippen LogP contribution in [0.4, 0.5) is 29.3 Å². The van der Waals surface area contributed by atoms with Gasteiger partial charge in [0.2, 0.25) is 6.79 Å². The van der Waals surface area contributed by atoms with Gasteiger partial charge in [-0.2, -0.15) is 0 Å². The summed E-state index contributed by atoms with van der Waals surface area (Å²) in [5, 5.41) is 5.13. The van der Waals surface area contributed by atoms with Gasteiger partial charge in [-0.05, 0) is 60.7 Å². The van der Waals surface area contributed by atoms with E-state index in [9.17, 15) is 18.0 Å². The van der Waals surface area contributed by atoms with E-state index in [1.165, 1.54) is 12.1 Å². The Kier molecular flexibility index (Phi) is 5.44. The molecule has 1 heterocycles. The number of carbonyl (C=O) groups excluding carboxylic acids is 1. The first kappa shape index (κ1) is 20.2. The summed E-state index contributed by atoms with van der Waals surface area (Å²) < 4.78 is 56.6. The third-order valence-corrected chi connectivity index (χ3v) is 4.04. The van der Waals surface area contributed by atoms with Crippen molar-refractivity contribution in [3.05, 3.63) is 66.7 Å². The average molecular weight is 432 g/mol. The van der Waals surface area contributed by atoms with Crippen molar-refractivity contribution in [2.24, 2.45) is 0 Å². The number of benzene rings is 3. The maximum absolute atomic E-state index is 12.2. The molecule has 4 rings (SSSR count). The lowest BCUT2D eigenvalue weighted by Gasteiger charge is -2.11. The second kappa shape index (κ2) is 8.34. The van der Waals surface area contributed by atoms with Crippen LogP contribution in [0, 0.1) is 0 Å². The molecule has 0 aromatic heterocycles. The van der Waals surface area contributed by atoms with Crippen molar-refractivity contribution in [1.29, 1.82) is 0 Å². The number of alkyl halides is 3. The molecule has 160 valence electrons. The maximum atomic E-state index is 12.2. The van der Waals surface area contributed by atoms with Crippen LogP contribution in [-0.2, 0) is 0 Å². The number of carbonyl (C=O) groups is 1. The summed E-state index contributed by atoms with van der Waals surface area (Å²) in [6.45, 7) is 0.173. The molecule has 0 fully saturated rings. The zero-order valence-corrected chi connectivity index (χ0v) is 15.7. The van der Waals surface area contributed by atoms with E-state index in [1.54, 1.807) is 42.5 Å². The minimum Gasteiger partial charge on any atom is -0.457 e. The predicted octanol–water partition coefficient (Wildman–Crippen LogP) is 5.75. The van der Waals surface area contributed by atoms with E-state index in [1.807, 2.05) is 0 Å². The van der Waals surface area contributed by atoms with E-state index < -0.39 is 12.4 Å². The molecule has 10 heteroatoms. The highest BCUT2D eigenvalue weighted by molar-refractivity contribution is 5.99. The van der Waals surface area contributed by atoms with E-state index in [4.69, 9.17) is 14.2 Å². The summed E-state index contributed by atoms with van der Waals surface area (Å²) in [5.74, 6) is 1.99. The first-order valence-corrected chi connectivity index (χ1v) is 8.95. The molecule has 2 N–H and O–H groups in total. The predicted molar refractivity (Wildman–Crippen MR) is 105 cm³/mol. The number of nitrogens with one attached hydrogen (secondary N) is 2. The van der Waals surface area contributed by atoms with Gasteiger partial charge in [-0.3, -0.25) is 0 Å². The minimum absolute atomic E-state index is 0.173. The second-order valence-electron chi connectivity index (χ2n) is 6.29. The third kappa shape index (κ3) is 5.50. The number of ether oxygens (including phenoxy) is 4. The highest BCUT2D eigenvalue weighted by Gasteiger charge is 2.30. The average Bonchev–Trinajstić information content (AvgIpc) is 3.18. The van der Waals surface area contributed by atoms with Crippen molar-refractivity contribution in [3.63, 3.8) is 0 Å². The number of hydrogen-bond donors (Lipinski definition) is 2. The monoisotopic (exact) mass is 432 g/mol. The van der Waals surface area contributed by atoms with E-state index in [0.717, 1.165) is 12.1 Å². The van der Waals surface area contributed by atoms with Crippen LogP contribution < -0.4 is 29.6 Å². The summed E-state index contributed by atoms with van der Waals surface area (Å²) in [6, 6.07) is 16.1. The van der Waals surface area contributed by atoms with Gasteiger partial charge in [0.1, 0.15) is 17.2 Å². The van der Waals surface area contributed by atoms with E-state index >= 15 is 0 Å². The Labute approximate surface area is 174 Å². The summed E-state index contributed by atoms with van der Waals surface area (Å²) in [5.41, 5.74) is 0.794. The Hall–Kier alpha value is -4.08. The Bertz CT molecular complexity index is 1070. The van der Waals surface area contributed by atoms with Crippen LogP contribution >= 0.6 is 0 Å². The number of anilines is 2. The van der Waals surface area contributed by atoms with Crippen LogP contribution in [-0.4, -0.2) is 19.2 Å². The molecule has 0 spiro atoms. The standard InChI is InChI=1S/C21H15F3N2O5/c22-21(23,24)31-16-7-3-14(4-8-16)26-20(27)25-13-1-5-15(6-2-13)30-17-9-10-18-19(11-17)29-12-28-18/h1-11H,12H2,(H2,25,26,27). The molecular formula is C21H15F3N2O5. The molecule has 31 heavy (non-hydrogen) atoms. The summed E-state index contributed by atoms with van der Waals surface area (Å²) in [6.07, 6.45) is -4.77. The number of hydrogen-bond acceptors (Lipinski definition) is 5. The minimum atomic E-state index is -4.77. The molecule has 0 bridgehead atoms. The molecule has 0 saturated heterocycles. The largest absolute Gasteiger partial charge is 0.573 e. The Balaban J connectivity index is 1.31. The van der Waals surface area contributed by atoms with Crippen molar-refractivity contribution in [3.8, 4) is 28.7 Å². The van der Waals surface area contributed by atoms with E-state index in [0.29, 0.717) is 34.4 Å². The molecule has 1 aliphatic rings. The first-order chi connectivity index (χ1) is 14.8. The molecular weight excluding hydrogens is 417 g/mol. The van der Waals surface area contributed by atoms with Gasteiger partial charge < -0.3 is 29.6 Å². The number of halogens is 3. The van der Waals surface area contributed by atoms with Crippen LogP contribution in [0.5, 0.6) is 28.7 Å². The molecule has 0 aliphatic carbocycles. The van der Waals surface area contributed by atoms with Crippen LogP contribution in [0.1, 0.15) is 0 Å². The summed E-state index contributed by atoms with van der Waals surface area (Å²) in [4.78, 5) is 12.1. The van der Waals surface area contributed by atoms with Gasteiger partial charge in [-0.25, -0.2) is 4.79 Å². The van der Waals surface area contributed by atoms with Crippen molar-refractivity contribution >= 4 is 17.4 Å². The number of urea groups is 1. The number of amides is 2. The highest BCUT2D eigenvalue weighted by atomic mass is 19.4. The van der Waals surface area contributed by atoms with E-state index in [2.05, 4.69) is 15.4 Å². The molecule has 0 atom stereocenters. The lowest BCUT2D eigenvalue weighted by atomic mass is 10.3. The lowest BCUT2D eigenvalue weighted by molar-refractivity contribution is -0.274. The Morgan fingerprint density at radius 2 is 1.32 bits per heavy atom. The van der Waals surface area contributed by atoms with Gasteiger partial charge in [0, 0.05) is 17.4 Å². The zero-order chi connectivity index (χ0) is 21.8. The fourth-order valence-corrected chi connectivity index (χ4v) is 2.72. The SMILES string of the molecule is O=C(Nc1ccc(Oc2ccc3c(c2)OCO3)cc1)Nc1ccc(OC(F)(F)F)cc1. The molecule has 0 saturated carbocycles. The normalized spacial score (nSPS) is 12.2. The first-order valence-electron chi connectivity index (χ1n) is 8.95. The van der Waals surface area contributed by atoms with E-state index in [-0.39, 0.29) is 12.5 Å². The van der Waals surface area contributed by atoms with Gasteiger partial charge in [-0.1, -0.05) is 0 Å². The summed E-state index contributed by atoms with van der Waals surface area (Å²) in [7, 11) is 0. The topological polar surface area (TPSA) is 78.1 Å². The van der Waals surface area contributed by atoms with Crippen molar-refractivity contribution < 1.29 is 36.9 Å². The lowest BCUT2D eigenvalue weighted by Crippen LogP contribution is -2.19. The van der Waals surface area contributed by atoms with Crippen LogP contribution in [0.25, 0.3) is 0 Å². The maximum Gasteiger partial charge on any atom is 0.573 e. The van der Waals surface area contributed by atoms with Gasteiger partial charge in [0.05, 0.1) is 0 Å². The third-order valence-electron chi connectivity index (χ3n) is 4.04. The fraction of sp³-hybridized carbons (Fsp3) is 0.0952. The van der Waals surface area contributed by atoms with Crippen molar-refractivity contribution in [2.45, 2.75) is 6.36 Å². The van der Waals surface area contributed by atoms with Gasteiger partial charge >= 0.3 is 12.4 Å². The summed E-state index contributed by atoms with van der Waals surface area (Å²) >= 11 is 0. The van der Waals surface area contributed by atoms with Crippen LogP contribution in [0.15, 0.2) is 66.7 Å². The van der Waals surface area contributed by atoms with Crippen molar-refractivity contribution in [2.75, 3.05) is 17.4 Å². The molecule has 0 radical (unpaired) electrons. The Morgan fingerprint density at radius 3 is 1.94 bits per heavy atom.